The minimum absolute atomic E-state index is 0.00447. The molecule has 20 heavy (non-hydrogen) atoms. The van der Waals surface area contributed by atoms with E-state index in [2.05, 4.69) is 20.4 Å². The first-order valence-corrected chi connectivity index (χ1v) is 12.8. The Morgan fingerprint density at radius 1 is 1.50 bits per heavy atom. The van der Waals surface area contributed by atoms with Crippen LogP contribution in [-0.4, -0.2) is 27.7 Å². The molecule has 8 heteroatoms. The van der Waals surface area contributed by atoms with Crippen LogP contribution in [0.5, 0.6) is 0 Å². The second-order valence-electron chi connectivity index (χ2n) is 5.96. The molecule has 0 aromatic rings. The van der Waals surface area contributed by atoms with E-state index in [4.69, 9.17) is 32.7 Å². The Labute approximate surface area is 136 Å². The number of ether oxygens (including phenoxy) is 1. The van der Waals surface area contributed by atoms with Gasteiger partial charge in [-0.15, -0.1) is 0 Å². The fourth-order valence-electron chi connectivity index (χ4n) is 4.24. The first-order chi connectivity index (χ1) is 9.14. The SMILES string of the molecule is C=C(O)N1C(=O)O[C@@H]2C[C@H]3CC[C@]21C3(C)C.[Cl][Ti]([Cl])[Cl]. The molecule has 3 fully saturated rings. The summed E-state index contributed by atoms with van der Waals surface area (Å²) >= 11 is -1.92. The van der Waals surface area contributed by atoms with Gasteiger partial charge in [0.15, 0.2) is 5.88 Å². The summed E-state index contributed by atoms with van der Waals surface area (Å²) in [6.07, 6.45) is 2.41. The molecule has 2 saturated carbocycles. The third kappa shape index (κ3) is 2.28. The number of hydrogen-bond acceptors (Lipinski definition) is 3. The number of carbonyl (C=O) groups excluding carboxylic acids is 1. The number of amides is 1. The summed E-state index contributed by atoms with van der Waals surface area (Å²) in [5.74, 6) is 0.399. The zero-order valence-electron chi connectivity index (χ0n) is 11.3. The molecular formula is C12H17Cl3NO3Ti. The van der Waals surface area contributed by atoms with Gasteiger partial charge in [-0.2, -0.15) is 0 Å². The number of fused-ring (bicyclic) bond motifs is 1. The average molecular weight is 377 g/mol. The monoisotopic (exact) mass is 376 g/mol. The summed E-state index contributed by atoms with van der Waals surface area (Å²) in [5.41, 5.74) is -0.365. The molecule has 0 aromatic carbocycles. The first-order valence-electron chi connectivity index (χ1n) is 6.36. The second-order valence-corrected chi connectivity index (χ2v) is 13.7. The fourth-order valence-corrected chi connectivity index (χ4v) is 4.24. The maximum atomic E-state index is 11.8. The van der Waals surface area contributed by atoms with Gasteiger partial charge in [0.25, 0.3) is 0 Å². The van der Waals surface area contributed by atoms with E-state index in [0.717, 1.165) is 19.3 Å². The minimum atomic E-state index is -1.92. The maximum absolute atomic E-state index is 11.8. The Balaban J connectivity index is 0.000000328. The van der Waals surface area contributed by atoms with Crippen LogP contribution >= 0.6 is 27.9 Å². The molecule has 113 valence electrons. The molecule has 0 unspecified atom stereocenters. The van der Waals surface area contributed by atoms with E-state index in [0.29, 0.717) is 5.92 Å². The quantitative estimate of drug-likeness (QED) is 0.541. The molecule has 0 radical (unpaired) electrons. The van der Waals surface area contributed by atoms with Crippen molar-refractivity contribution in [3.8, 4) is 0 Å². The van der Waals surface area contributed by atoms with Crippen molar-refractivity contribution in [3.05, 3.63) is 12.5 Å². The van der Waals surface area contributed by atoms with Gasteiger partial charge in [0.2, 0.25) is 0 Å². The van der Waals surface area contributed by atoms with E-state index in [9.17, 15) is 9.90 Å². The molecule has 1 N–H and O–H groups in total. The third-order valence-corrected chi connectivity index (χ3v) is 5.12. The zero-order valence-corrected chi connectivity index (χ0v) is 15.2. The first kappa shape index (κ1) is 16.8. The molecule has 3 atom stereocenters. The number of aliphatic hydroxyl groups is 1. The van der Waals surface area contributed by atoms with Crippen LogP contribution < -0.4 is 0 Å². The average Bonchev–Trinajstić information content (AvgIpc) is 2.78. The number of carbonyl (C=O) groups is 1. The van der Waals surface area contributed by atoms with E-state index in [1.54, 1.807) is 0 Å². The molecule has 2 bridgehead atoms. The van der Waals surface area contributed by atoms with Crippen LogP contribution in [0.2, 0.25) is 0 Å². The van der Waals surface area contributed by atoms with Crippen molar-refractivity contribution in [1.82, 2.24) is 4.90 Å². The molecule has 1 aliphatic heterocycles. The second kappa shape index (κ2) is 5.55. The summed E-state index contributed by atoms with van der Waals surface area (Å²) in [6, 6.07) is 0. The van der Waals surface area contributed by atoms with Gasteiger partial charge in [-0.3, -0.25) is 0 Å². The molecular weight excluding hydrogens is 360 g/mol. The van der Waals surface area contributed by atoms with Gasteiger partial charge in [-0.25, -0.2) is 9.69 Å². The summed E-state index contributed by atoms with van der Waals surface area (Å²) < 4.78 is 5.39. The molecule has 3 rings (SSSR count). The Kier molecular flexibility index (Phi) is 4.65. The van der Waals surface area contributed by atoms with Gasteiger partial charge in [0.05, 0.1) is 5.54 Å². The molecule has 1 amide bonds. The Morgan fingerprint density at radius 2 is 2.05 bits per heavy atom. The third-order valence-electron chi connectivity index (χ3n) is 5.12. The summed E-state index contributed by atoms with van der Waals surface area (Å²) in [6.45, 7) is 7.84. The van der Waals surface area contributed by atoms with Gasteiger partial charge in [0, 0.05) is 0 Å². The van der Waals surface area contributed by atoms with Crippen molar-refractivity contribution in [2.24, 2.45) is 11.3 Å². The predicted molar refractivity (Wildman–Crippen MR) is 75.3 cm³/mol. The van der Waals surface area contributed by atoms with Crippen LogP contribution in [0, 0.1) is 11.3 Å². The fraction of sp³-hybridized carbons (Fsp3) is 0.750. The van der Waals surface area contributed by atoms with Crippen molar-refractivity contribution in [2.75, 3.05) is 0 Å². The topological polar surface area (TPSA) is 49.8 Å². The van der Waals surface area contributed by atoms with Crippen molar-refractivity contribution < 1.29 is 29.3 Å². The van der Waals surface area contributed by atoms with Crippen LogP contribution in [0.3, 0.4) is 0 Å². The Bertz CT molecular complexity index is 443. The number of hydrogen-bond donors (Lipinski definition) is 1. The Hall–Kier alpha value is 0.394. The van der Waals surface area contributed by atoms with Crippen LogP contribution in [0.4, 0.5) is 4.79 Å². The number of halogens is 3. The van der Waals surface area contributed by atoms with Crippen molar-refractivity contribution in [1.29, 1.82) is 0 Å². The number of aliphatic hydroxyl groups excluding tert-OH is 1. The van der Waals surface area contributed by atoms with E-state index in [-0.39, 0.29) is 22.9 Å². The molecule has 1 saturated heterocycles. The van der Waals surface area contributed by atoms with Crippen LogP contribution in [0.15, 0.2) is 12.5 Å². The van der Waals surface area contributed by atoms with Gasteiger partial charge in [-0.05, 0) is 37.2 Å². The van der Waals surface area contributed by atoms with Crippen LogP contribution in [-0.2, 0) is 19.4 Å². The van der Waals surface area contributed by atoms with Crippen LogP contribution in [0.1, 0.15) is 33.1 Å². The molecule has 2 aliphatic carbocycles. The number of rotatable bonds is 1. The molecule has 3 aliphatic rings. The van der Waals surface area contributed by atoms with E-state index < -0.39 is 20.8 Å². The number of nitrogens with zero attached hydrogens (tertiary/aromatic N) is 1. The van der Waals surface area contributed by atoms with Gasteiger partial charge >= 0.3 is 48.7 Å². The standard InChI is InChI=1S/C12H17NO3.3ClH.Ti/c1-7(14)13-10(15)16-9-6-8-4-5-12(9,13)11(8,2)3;;;;/h8-9,14H,1,4-6H2,2-3H3;3*1H;/q;;;;+3/p-3/t8-,9-,12-;;;;/m1..../s1. The van der Waals surface area contributed by atoms with Gasteiger partial charge in [0.1, 0.15) is 6.10 Å². The Morgan fingerprint density at radius 3 is 2.50 bits per heavy atom. The summed E-state index contributed by atoms with van der Waals surface area (Å²) in [4.78, 5) is 13.2. The van der Waals surface area contributed by atoms with Crippen molar-refractivity contribution in [2.45, 2.75) is 44.8 Å². The predicted octanol–water partition coefficient (Wildman–Crippen LogP) is 4.48. The van der Waals surface area contributed by atoms with E-state index >= 15 is 0 Å². The van der Waals surface area contributed by atoms with E-state index in [1.807, 2.05) is 0 Å². The van der Waals surface area contributed by atoms with Gasteiger partial charge < -0.3 is 9.84 Å². The van der Waals surface area contributed by atoms with Crippen molar-refractivity contribution >= 4 is 34.0 Å². The molecule has 1 heterocycles. The summed E-state index contributed by atoms with van der Waals surface area (Å²) in [5, 5.41) is 9.65. The molecule has 4 nitrogen and oxygen atoms in total. The van der Waals surface area contributed by atoms with Crippen LogP contribution in [0.25, 0.3) is 0 Å². The normalized spacial score (nSPS) is 36.0. The summed E-state index contributed by atoms with van der Waals surface area (Å²) in [7, 11) is 14.9. The van der Waals surface area contributed by atoms with Gasteiger partial charge in [-0.1, -0.05) is 13.8 Å². The molecule has 0 aromatic heterocycles. The van der Waals surface area contributed by atoms with E-state index in [1.165, 1.54) is 4.90 Å². The van der Waals surface area contributed by atoms with Crippen molar-refractivity contribution in [3.63, 3.8) is 0 Å². The zero-order chi connectivity index (χ0) is 15.3. The molecule has 1 spiro atoms.